The third kappa shape index (κ3) is 4.77. The van der Waals surface area contributed by atoms with Crippen molar-refractivity contribution in [2.45, 2.75) is 30.7 Å². The number of benzene rings is 2. The van der Waals surface area contributed by atoms with Crippen molar-refractivity contribution >= 4 is 21.6 Å². The summed E-state index contributed by atoms with van der Waals surface area (Å²) in [5.41, 5.74) is -0.498. The number of H-pyrrole nitrogens is 1. The summed E-state index contributed by atoms with van der Waals surface area (Å²) in [5, 5.41) is 9.89. The van der Waals surface area contributed by atoms with E-state index in [0.717, 1.165) is 0 Å². The molecule has 1 aliphatic rings. The van der Waals surface area contributed by atoms with Gasteiger partial charge in [-0.25, -0.2) is 13.2 Å². The van der Waals surface area contributed by atoms with Crippen LogP contribution in [0, 0.1) is 18.3 Å². The highest BCUT2D eigenvalue weighted by atomic mass is 35.5. The van der Waals surface area contributed by atoms with Gasteiger partial charge in [0.2, 0.25) is 10.0 Å². The highest BCUT2D eigenvalue weighted by Gasteiger charge is 2.32. The van der Waals surface area contributed by atoms with Crippen molar-refractivity contribution in [1.82, 2.24) is 13.9 Å². The average Bonchev–Trinajstić information content (AvgIpc) is 2.81. The number of nitrogens with one attached hydrogen (secondary N) is 1. The van der Waals surface area contributed by atoms with Crippen LogP contribution in [0.4, 0.5) is 0 Å². The van der Waals surface area contributed by atoms with E-state index in [0.29, 0.717) is 29.2 Å². The van der Waals surface area contributed by atoms with Crippen LogP contribution < -0.4 is 16.0 Å². The molecule has 0 saturated carbocycles. The summed E-state index contributed by atoms with van der Waals surface area (Å²) in [4.78, 5) is 26.2. The van der Waals surface area contributed by atoms with E-state index in [4.69, 9.17) is 16.3 Å². The minimum absolute atomic E-state index is 0.0332. The maximum atomic E-state index is 13.4. The molecule has 11 heteroatoms. The molecule has 1 atom stereocenters. The fourth-order valence-electron chi connectivity index (χ4n) is 3.87. The maximum Gasteiger partial charge on any atom is 0.328 e. The Kier molecular flexibility index (Phi) is 6.61. The summed E-state index contributed by atoms with van der Waals surface area (Å²) < 4.78 is 35.3. The maximum absolute atomic E-state index is 13.4. The Morgan fingerprint density at radius 2 is 2.00 bits per heavy atom. The summed E-state index contributed by atoms with van der Waals surface area (Å²) in [6.07, 6.45) is 2.59. The van der Waals surface area contributed by atoms with Crippen molar-refractivity contribution in [2.75, 3.05) is 13.1 Å². The number of hydrogen-bond acceptors (Lipinski definition) is 6. The van der Waals surface area contributed by atoms with Crippen LogP contribution in [0.1, 0.15) is 30.0 Å². The molecule has 3 aromatic rings. The predicted octanol–water partition coefficient (Wildman–Crippen LogP) is 3.19. The van der Waals surface area contributed by atoms with Crippen LogP contribution >= 0.6 is 11.6 Å². The van der Waals surface area contributed by atoms with Crippen molar-refractivity contribution in [3.63, 3.8) is 0 Å². The molecule has 0 unspecified atom stereocenters. The first-order chi connectivity index (χ1) is 16.2. The smallest absolute Gasteiger partial charge is 0.328 e. The zero-order valence-electron chi connectivity index (χ0n) is 18.2. The molecule has 0 radical (unpaired) electrons. The number of halogens is 1. The molecular formula is C23H21ClN4O5S. The summed E-state index contributed by atoms with van der Waals surface area (Å²) in [5.74, 6) is 0.455. The van der Waals surface area contributed by atoms with E-state index in [1.165, 1.54) is 33.3 Å². The first kappa shape index (κ1) is 23.8. The van der Waals surface area contributed by atoms with Gasteiger partial charge in [-0.15, -0.1) is 0 Å². The zero-order valence-corrected chi connectivity index (χ0v) is 19.8. The SMILES string of the molecule is Cc1cn([C@H]2CCCN(S(=O)(=O)c3ccc(C#N)c(Oc4cccc(Cl)c4)c3)C2)c(=O)[nH]c1=O. The van der Waals surface area contributed by atoms with Crippen molar-refractivity contribution in [1.29, 1.82) is 5.26 Å². The summed E-state index contributed by atoms with van der Waals surface area (Å²) in [6, 6.07) is 12.2. The van der Waals surface area contributed by atoms with Gasteiger partial charge in [0.05, 0.1) is 16.5 Å². The Morgan fingerprint density at radius 3 is 2.74 bits per heavy atom. The number of piperidine rings is 1. The van der Waals surface area contributed by atoms with Gasteiger partial charge in [-0.3, -0.25) is 14.3 Å². The number of aromatic amines is 1. The molecule has 176 valence electrons. The number of hydrogen-bond donors (Lipinski definition) is 1. The van der Waals surface area contributed by atoms with Crippen molar-refractivity contribution in [2.24, 2.45) is 0 Å². The van der Waals surface area contributed by atoms with Gasteiger partial charge in [-0.1, -0.05) is 17.7 Å². The largest absolute Gasteiger partial charge is 0.456 e. The highest BCUT2D eigenvalue weighted by molar-refractivity contribution is 7.89. The van der Waals surface area contributed by atoms with Gasteiger partial charge in [0.1, 0.15) is 17.6 Å². The normalized spacial score (nSPS) is 16.7. The number of sulfonamides is 1. The average molecular weight is 501 g/mol. The standard InChI is InChI=1S/C23H21ClN4O5S/c1-15-13-28(23(30)26-22(15)29)18-5-3-9-27(14-18)34(31,32)20-8-7-16(12-25)21(11-20)33-19-6-2-4-17(24)10-19/h2,4,6-8,10-11,13,18H,3,5,9,14H2,1H3,(H,26,29,30)/t18-/m0/s1. The minimum Gasteiger partial charge on any atom is -0.456 e. The monoisotopic (exact) mass is 500 g/mol. The third-order valence-corrected chi connectivity index (χ3v) is 7.73. The minimum atomic E-state index is -3.95. The van der Waals surface area contributed by atoms with Crippen molar-refractivity contribution < 1.29 is 13.2 Å². The Hall–Kier alpha value is -3.39. The Morgan fingerprint density at radius 1 is 1.21 bits per heavy atom. The lowest BCUT2D eigenvalue weighted by Crippen LogP contribution is -2.44. The number of rotatable bonds is 5. The highest BCUT2D eigenvalue weighted by Crippen LogP contribution is 2.32. The predicted molar refractivity (Wildman–Crippen MR) is 126 cm³/mol. The van der Waals surface area contributed by atoms with Crippen LogP contribution in [0.5, 0.6) is 11.5 Å². The molecule has 1 N–H and O–H groups in total. The molecule has 0 bridgehead atoms. The Labute approximate surface area is 200 Å². The van der Waals surface area contributed by atoms with Gasteiger partial charge in [-0.2, -0.15) is 9.57 Å². The van der Waals surface area contributed by atoms with Gasteiger partial charge < -0.3 is 4.74 Å². The summed E-state index contributed by atoms with van der Waals surface area (Å²) >= 11 is 5.99. The van der Waals surface area contributed by atoms with Crippen LogP contribution in [-0.4, -0.2) is 35.4 Å². The first-order valence-corrected chi connectivity index (χ1v) is 12.3. The van der Waals surface area contributed by atoms with E-state index in [1.807, 2.05) is 6.07 Å². The molecule has 34 heavy (non-hydrogen) atoms. The van der Waals surface area contributed by atoms with E-state index in [9.17, 15) is 23.3 Å². The summed E-state index contributed by atoms with van der Waals surface area (Å²) in [7, 11) is -3.95. The van der Waals surface area contributed by atoms with Crippen LogP contribution in [0.15, 0.2) is 63.1 Å². The lowest BCUT2D eigenvalue weighted by Gasteiger charge is -2.32. The van der Waals surface area contributed by atoms with Crippen LogP contribution in [0.25, 0.3) is 0 Å². The van der Waals surface area contributed by atoms with Gasteiger partial charge in [-0.05, 0) is 50.1 Å². The molecule has 1 aromatic heterocycles. The first-order valence-electron chi connectivity index (χ1n) is 10.5. The number of nitrogens with zero attached hydrogens (tertiary/aromatic N) is 3. The van der Waals surface area contributed by atoms with E-state index in [2.05, 4.69) is 4.98 Å². The molecule has 0 amide bonds. The van der Waals surface area contributed by atoms with Gasteiger partial charge >= 0.3 is 5.69 Å². The number of nitriles is 1. The number of ether oxygens (including phenoxy) is 1. The van der Waals surface area contributed by atoms with Crippen molar-refractivity contribution in [3.8, 4) is 17.6 Å². The van der Waals surface area contributed by atoms with Crippen LogP contribution in [-0.2, 0) is 10.0 Å². The molecule has 1 fully saturated rings. The quantitative estimate of drug-likeness (QED) is 0.573. The fraction of sp³-hybridized carbons (Fsp3) is 0.261. The zero-order chi connectivity index (χ0) is 24.5. The molecular weight excluding hydrogens is 480 g/mol. The van der Waals surface area contributed by atoms with Gasteiger partial charge in [0.25, 0.3) is 5.56 Å². The second-order valence-corrected chi connectivity index (χ2v) is 10.3. The lowest BCUT2D eigenvalue weighted by molar-refractivity contribution is 0.260. The molecule has 1 aliphatic heterocycles. The molecule has 2 aromatic carbocycles. The van der Waals surface area contributed by atoms with Crippen molar-refractivity contribution in [3.05, 3.63) is 85.6 Å². The van der Waals surface area contributed by atoms with E-state index in [-0.39, 0.29) is 29.3 Å². The van der Waals surface area contributed by atoms with E-state index >= 15 is 0 Å². The molecule has 0 aliphatic carbocycles. The summed E-state index contributed by atoms with van der Waals surface area (Å²) in [6.45, 7) is 1.93. The Bertz CT molecular complexity index is 1510. The molecule has 2 heterocycles. The second kappa shape index (κ2) is 9.46. The molecule has 0 spiro atoms. The van der Waals surface area contributed by atoms with Crippen LogP contribution in [0.3, 0.4) is 0 Å². The van der Waals surface area contributed by atoms with Gasteiger partial charge in [0, 0.05) is 35.9 Å². The van der Waals surface area contributed by atoms with Crippen LogP contribution in [0.2, 0.25) is 5.02 Å². The Balaban J connectivity index is 1.65. The third-order valence-electron chi connectivity index (χ3n) is 5.63. The number of aromatic nitrogens is 2. The second-order valence-electron chi connectivity index (χ2n) is 7.97. The fourth-order valence-corrected chi connectivity index (χ4v) is 5.58. The molecule has 9 nitrogen and oxygen atoms in total. The molecule has 4 rings (SSSR count). The topological polar surface area (TPSA) is 125 Å². The van der Waals surface area contributed by atoms with Gasteiger partial charge in [0.15, 0.2) is 0 Å². The lowest BCUT2D eigenvalue weighted by atomic mass is 10.1. The number of aryl methyl sites for hydroxylation is 1. The van der Waals surface area contributed by atoms with E-state index in [1.54, 1.807) is 31.2 Å². The molecule has 1 saturated heterocycles. The van der Waals surface area contributed by atoms with E-state index < -0.39 is 27.3 Å².